The number of hydrogen-bond acceptors (Lipinski definition) is 5. The van der Waals surface area contributed by atoms with Gasteiger partial charge in [-0.3, -0.25) is 15.1 Å². The summed E-state index contributed by atoms with van der Waals surface area (Å²) in [4.78, 5) is 23.7. The summed E-state index contributed by atoms with van der Waals surface area (Å²) in [6.45, 7) is 3.90. The Kier molecular flexibility index (Phi) is 3.81. The van der Waals surface area contributed by atoms with Crippen LogP contribution in [0.5, 0.6) is 0 Å². The molecule has 0 fully saturated rings. The largest absolute Gasteiger partial charge is 0.297 e. The predicted octanol–water partition coefficient (Wildman–Crippen LogP) is 4.14. The number of rotatable bonds is 3. The van der Waals surface area contributed by atoms with Crippen molar-refractivity contribution in [3.05, 3.63) is 52.0 Å². The van der Waals surface area contributed by atoms with Crippen molar-refractivity contribution in [1.82, 2.24) is 9.97 Å². The van der Waals surface area contributed by atoms with Gasteiger partial charge in [0.25, 0.3) is 5.91 Å². The molecule has 3 heterocycles. The average Bonchev–Trinajstić information content (AvgIpc) is 3.06. The number of pyridine rings is 1. The van der Waals surface area contributed by atoms with Gasteiger partial charge in [-0.15, -0.1) is 11.3 Å². The lowest BCUT2D eigenvalue weighted by molar-refractivity contribution is 0.103. The molecule has 1 N–H and O–H groups in total. The number of carbonyl (C=O) groups excluding carboxylic acids is 1. The summed E-state index contributed by atoms with van der Waals surface area (Å²) in [6, 6.07) is 9.52. The topological polar surface area (TPSA) is 54.9 Å². The zero-order chi connectivity index (χ0) is 14.8. The first-order valence-electron chi connectivity index (χ1n) is 6.40. The van der Waals surface area contributed by atoms with Gasteiger partial charge in [0.1, 0.15) is 0 Å². The molecule has 0 atom stereocenters. The summed E-state index contributed by atoms with van der Waals surface area (Å²) in [5.41, 5.74) is 1.75. The fourth-order valence-electron chi connectivity index (χ4n) is 1.90. The highest BCUT2D eigenvalue weighted by molar-refractivity contribution is 7.19. The van der Waals surface area contributed by atoms with E-state index in [9.17, 15) is 4.79 Å². The molecule has 0 aliphatic rings. The minimum atomic E-state index is -0.116. The van der Waals surface area contributed by atoms with Crippen LogP contribution in [-0.4, -0.2) is 15.9 Å². The SMILES string of the molecule is Cc1ccc(C(=O)Nc2nc(C)c(-c3ccccn3)s2)s1. The number of aromatic nitrogens is 2. The van der Waals surface area contributed by atoms with E-state index >= 15 is 0 Å². The molecule has 21 heavy (non-hydrogen) atoms. The van der Waals surface area contributed by atoms with Gasteiger partial charge in [0.05, 0.1) is 21.1 Å². The third-order valence-corrected chi connectivity index (χ3v) is 4.97. The maximum Gasteiger partial charge on any atom is 0.267 e. The first-order valence-corrected chi connectivity index (χ1v) is 8.03. The van der Waals surface area contributed by atoms with Crippen molar-refractivity contribution >= 4 is 33.7 Å². The second-order valence-corrected chi connectivity index (χ2v) is 6.80. The zero-order valence-electron chi connectivity index (χ0n) is 11.6. The van der Waals surface area contributed by atoms with Gasteiger partial charge in [-0.2, -0.15) is 0 Å². The van der Waals surface area contributed by atoms with Crippen LogP contribution in [0, 0.1) is 13.8 Å². The normalized spacial score (nSPS) is 10.6. The van der Waals surface area contributed by atoms with Crippen LogP contribution in [0.4, 0.5) is 5.13 Å². The van der Waals surface area contributed by atoms with E-state index in [0.29, 0.717) is 10.0 Å². The zero-order valence-corrected chi connectivity index (χ0v) is 13.2. The Labute approximate surface area is 130 Å². The lowest BCUT2D eigenvalue weighted by atomic mass is 10.3. The molecule has 0 bridgehead atoms. The van der Waals surface area contributed by atoms with Gasteiger partial charge in [-0.1, -0.05) is 17.4 Å². The summed E-state index contributed by atoms with van der Waals surface area (Å²) in [7, 11) is 0. The van der Waals surface area contributed by atoms with Gasteiger partial charge in [0.2, 0.25) is 0 Å². The standard InChI is InChI=1S/C15H13N3OS2/c1-9-6-7-12(20-9)14(19)18-15-17-10(2)13(21-15)11-5-3-4-8-16-11/h3-8H,1-2H3,(H,17,18,19). The molecule has 1 amide bonds. The Morgan fingerprint density at radius 2 is 2.00 bits per heavy atom. The Morgan fingerprint density at radius 3 is 2.67 bits per heavy atom. The van der Waals surface area contributed by atoms with Crippen molar-refractivity contribution < 1.29 is 4.79 Å². The van der Waals surface area contributed by atoms with E-state index in [1.54, 1.807) is 6.20 Å². The first kappa shape index (κ1) is 13.9. The number of nitrogens with zero attached hydrogens (tertiary/aromatic N) is 2. The summed E-state index contributed by atoms with van der Waals surface area (Å²) in [5.74, 6) is -0.116. The maximum absolute atomic E-state index is 12.1. The monoisotopic (exact) mass is 315 g/mol. The Bertz CT molecular complexity index is 777. The van der Waals surface area contributed by atoms with Crippen LogP contribution >= 0.6 is 22.7 Å². The predicted molar refractivity (Wildman–Crippen MR) is 87.1 cm³/mol. The van der Waals surface area contributed by atoms with Crippen LogP contribution in [0.2, 0.25) is 0 Å². The van der Waals surface area contributed by atoms with Crippen molar-refractivity contribution in [3.8, 4) is 10.6 Å². The summed E-state index contributed by atoms with van der Waals surface area (Å²) in [6.07, 6.45) is 1.75. The average molecular weight is 315 g/mol. The molecular weight excluding hydrogens is 302 g/mol. The van der Waals surface area contributed by atoms with E-state index in [0.717, 1.165) is 21.1 Å². The van der Waals surface area contributed by atoms with Crippen LogP contribution in [0.3, 0.4) is 0 Å². The molecule has 6 heteroatoms. The third-order valence-electron chi connectivity index (χ3n) is 2.88. The van der Waals surface area contributed by atoms with Gasteiger partial charge in [0, 0.05) is 11.1 Å². The van der Waals surface area contributed by atoms with Crippen LogP contribution in [0.15, 0.2) is 36.5 Å². The highest BCUT2D eigenvalue weighted by Crippen LogP contribution is 2.31. The van der Waals surface area contributed by atoms with E-state index in [1.807, 2.05) is 44.2 Å². The number of carbonyl (C=O) groups is 1. The van der Waals surface area contributed by atoms with Gasteiger partial charge < -0.3 is 0 Å². The number of nitrogens with one attached hydrogen (secondary N) is 1. The quantitative estimate of drug-likeness (QED) is 0.790. The molecule has 0 radical (unpaired) electrons. The van der Waals surface area contributed by atoms with Crippen molar-refractivity contribution in [2.75, 3.05) is 5.32 Å². The van der Waals surface area contributed by atoms with E-state index < -0.39 is 0 Å². The number of aryl methyl sites for hydroxylation is 2. The highest BCUT2D eigenvalue weighted by atomic mass is 32.1. The molecular formula is C15H13N3OS2. The Hall–Kier alpha value is -2.05. The number of anilines is 1. The van der Waals surface area contributed by atoms with Crippen LogP contribution in [0.1, 0.15) is 20.2 Å². The third kappa shape index (κ3) is 3.01. The second-order valence-electron chi connectivity index (χ2n) is 4.51. The summed E-state index contributed by atoms with van der Waals surface area (Å²) >= 11 is 2.92. The van der Waals surface area contributed by atoms with Crippen LogP contribution < -0.4 is 5.32 Å². The number of thiazole rings is 1. The molecule has 4 nitrogen and oxygen atoms in total. The molecule has 3 rings (SSSR count). The summed E-state index contributed by atoms with van der Waals surface area (Å²) in [5, 5.41) is 3.45. The van der Waals surface area contributed by atoms with E-state index in [4.69, 9.17) is 0 Å². The van der Waals surface area contributed by atoms with Gasteiger partial charge in [0.15, 0.2) is 5.13 Å². The Morgan fingerprint density at radius 1 is 1.14 bits per heavy atom. The van der Waals surface area contributed by atoms with Crippen molar-refractivity contribution in [1.29, 1.82) is 0 Å². The molecule has 0 spiro atoms. The number of hydrogen-bond donors (Lipinski definition) is 1. The number of thiophene rings is 1. The number of amides is 1. The first-order chi connectivity index (χ1) is 10.1. The van der Waals surface area contributed by atoms with E-state index in [2.05, 4.69) is 15.3 Å². The summed E-state index contributed by atoms with van der Waals surface area (Å²) < 4.78 is 0. The minimum Gasteiger partial charge on any atom is -0.297 e. The van der Waals surface area contributed by atoms with Crippen molar-refractivity contribution in [3.63, 3.8) is 0 Å². The van der Waals surface area contributed by atoms with E-state index in [-0.39, 0.29) is 5.91 Å². The molecule has 0 saturated heterocycles. The second kappa shape index (κ2) is 5.75. The maximum atomic E-state index is 12.1. The van der Waals surface area contributed by atoms with Gasteiger partial charge >= 0.3 is 0 Å². The molecule has 0 unspecified atom stereocenters. The van der Waals surface area contributed by atoms with Gasteiger partial charge in [-0.05, 0) is 38.1 Å². The molecule has 106 valence electrons. The molecule has 0 aromatic carbocycles. The fraction of sp³-hybridized carbons (Fsp3) is 0.133. The molecule has 3 aromatic rings. The lowest BCUT2D eigenvalue weighted by Crippen LogP contribution is -2.09. The Balaban J connectivity index is 1.83. The molecule has 3 aromatic heterocycles. The smallest absolute Gasteiger partial charge is 0.267 e. The van der Waals surface area contributed by atoms with Crippen LogP contribution in [-0.2, 0) is 0 Å². The molecule has 0 aliphatic carbocycles. The molecule has 0 saturated carbocycles. The van der Waals surface area contributed by atoms with Gasteiger partial charge in [-0.25, -0.2) is 4.98 Å². The highest BCUT2D eigenvalue weighted by Gasteiger charge is 2.14. The van der Waals surface area contributed by atoms with Crippen molar-refractivity contribution in [2.24, 2.45) is 0 Å². The molecule has 0 aliphatic heterocycles. The van der Waals surface area contributed by atoms with E-state index in [1.165, 1.54) is 22.7 Å². The van der Waals surface area contributed by atoms with Crippen LogP contribution in [0.25, 0.3) is 10.6 Å². The minimum absolute atomic E-state index is 0.116. The lowest BCUT2D eigenvalue weighted by Gasteiger charge is -1.97. The fourth-order valence-corrected chi connectivity index (χ4v) is 3.60. The van der Waals surface area contributed by atoms with Crippen molar-refractivity contribution in [2.45, 2.75) is 13.8 Å².